The van der Waals surface area contributed by atoms with E-state index in [1.54, 1.807) is 6.07 Å². The second-order valence-corrected chi connectivity index (χ2v) is 5.02. The average Bonchev–Trinajstić information content (AvgIpc) is 2.36. The van der Waals surface area contributed by atoms with E-state index in [2.05, 4.69) is 14.7 Å². The third kappa shape index (κ3) is 4.07. The van der Waals surface area contributed by atoms with Gasteiger partial charge in [-0.1, -0.05) is 37.6 Å². The molecule has 0 aliphatic carbocycles. The number of hydrogen-bond donors (Lipinski definition) is 0. The van der Waals surface area contributed by atoms with Gasteiger partial charge in [0.1, 0.15) is 16.7 Å². The molecule has 0 spiro atoms. The van der Waals surface area contributed by atoms with Crippen LogP contribution in [0.15, 0.2) is 30.3 Å². The molecule has 0 saturated heterocycles. The van der Waals surface area contributed by atoms with Gasteiger partial charge in [0, 0.05) is 17.5 Å². The Labute approximate surface area is 124 Å². The van der Waals surface area contributed by atoms with Gasteiger partial charge in [0.25, 0.3) is 0 Å². The van der Waals surface area contributed by atoms with Crippen molar-refractivity contribution in [3.8, 4) is 17.0 Å². The SMILES string of the molecule is CC(C)c1nc(Cl)cc(-c2ccccc2OC(F)(F)F)n1. The lowest BCUT2D eigenvalue weighted by Crippen LogP contribution is -2.17. The molecule has 2 aromatic rings. The van der Waals surface area contributed by atoms with Gasteiger partial charge in [0.2, 0.25) is 0 Å². The topological polar surface area (TPSA) is 35.0 Å². The monoisotopic (exact) mass is 316 g/mol. The lowest BCUT2D eigenvalue weighted by atomic mass is 10.1. The summed E-state index contributed by atoms with van der Waals surface area (Å²) >= 11 is 5.92. The molecule has 7 heteroatoms. The standard InChI is InChI=1S/C14H12ClF3N2O/c1-8(2)13-19-10(7-12(15)20-13)9-5-3-4-6-11(9)21-14(16,17)18/h3-8H,1-2H3. The second kappa shape index (κ2) is 5.89. The smallest absolute Gasteiger partial charge is 0.405 e. The van der Waals surface area contributed by atoms with Crippen molar-refractivity contribution >= 4 is 11.6 Å². The van der Waals surface area contributed by atoms with Gasteiger partial charge in [-0.25, -0.2) is 9.97 Å². The summed E-state index contributed by atoms with van der Waals surface area (Å²) in [5, 5.41) is 0.172. The summed E-state index contributed by atoms with van der Waals surface area (Å²) < 4.78 is 41.4. The highest BCUT2D eigenvalue weighted by atomic mass is 35.5. The summed E-state index contributed by atoms with van der Waals surface area (Å²) in [5.41, 5.74) is 0.500. The number of ether oxygens (including phenoxy) is 1. The highest BCUT2D eigenvalue weighted by Crippen LogP contribution is 2.33. The molecule has 0 unspecified atom stereocenters. The van der Waals surface area contributed by atoms with Crippen LogP contribution in [-0.2, 0) is 0 Å². The molecule has 0 fully saturated rings. The number of alkyl halides is 3. The molecule has 0 radical (unpaired) electrons. The zero-order chi connectivity index (χ0) is 15.6. The van der Waals surface area contributed by atoms with Crippen molar-refractivity contribution in [2.75, 3.05) is 0 Å². The molecule has 1 aromatic carbocycles. The Bertz CT molecular complexity index is 644. The molecule has 112 valence electrons. The quantitative estimate of drug-likeness (QED) is 0.761. The number of hydrogen-bond acceptors (Lipinski definition) is 3. The Balaban J connectivity index is 2.52. The molecule has 0 saturated carbocycles. The van der Waals surface area contributed by atoms with Crippen LogP contribution in [0.2, 0.25) is 5.15 Å². The predicted octanol–water partition coefficient (Wildman–Crippen LogP) is 4.82. The van der Waals surface area contributed by atoms with Crippen LogP contribution < -0.4 is 4.74 Å². The summed E-state index contributed by atoms with van der Waals surface area (Å²) in [6.45, 7) is 3.74. The molecule has 0 N–H and O–H groups in total. The van der Waals surface area contributed by atoms with Gasteiger partial charge < -0.3 is 4.74 Å². The lowest BCUT2D eigenvalue weighted by molar-refractivity contribution is -0.274. The number of halogens is 4. The molecular weight excluding hydrogens is 305 g/mol. The summed E-state index contributed by atoms with van der Waals surface area (Å²) in [4.78, 5) is 8.31. The Morgan fingerprint density at radius 1 is 1.14 bits per heavy atom. The lowest BCUT2D eigenvalue weighted by Gasteiger charge is -2.14. The Morgan fingerprint density at radius 2 is 1.81 bits per heavy atom. The fraction of sp³-hybridized carbons (Fsp3) is 0.286. The average molecular weight is 317 g/mol. The zero-order valence-electron chi connectivity index (χ0n) is 11.3. The maximum Gasteiger partial charge on any atom is 0.573 e. The molecule has 3 nitrogen and oxygen atoms in total. The van der Waals surface area contributed by atoms with Crippen LogP contribution in [0.3, 0.4) is 0 Å². The fourth-order valence-corrected chi connectivity index (χ4v) is 1.91. The van der Waals surface area contributed by atoms with Gasteiger partial charge in [0.05, 0.1) is 5.69 Å². The number of benzene rings is 1. The van der Waals surface area contributed by atoms with Crippen molar-refractivity contribution in [3.05, 3.63) is 41.3 Å². The van der Waals surface area contributed by atoms with Crippen molar-refractivity contribution in [2.45, 2.75) is 26.1 Å². The van der Waals surface area contributed by atoms with E-state index < -0.39 is 6.36 Å². The highest BCUT2D eigenvalue weighted by Gasteiger charge is 2.32. The van der Waals surface area contributed by atoms with Crippen LogP contribution >= 0.6 is 11.6 Å². The Hall–Kier alpha value is -1.82. The van der Waals surface area contributed by atoms with Gasteiger partial charge in [-0.05, 0) is 12.1 Å². The zero-order valence-corrected chi connectivity index (χ0v) is 12.0. The molecule has 0 aliphatic heterocycles. The molecule has 0 aliphatic rings. The van der Waals surface area contributed by atoms with Crippen molar-refractivity contribution in [1.82, 2.24) is 9.97 Å². The highest BCUT2D eigenvalue weighted by molar-refractivity contribution is 6.29. The van der Waals surface area contributed by atoms with Crippen molar-refractivity contribution < 1.29 is 17.9 Å². The van der Waals surface area contributed by atoms with Crippen LogP contribution in [0.4, 0.5) is 13.2 Å². The molecule has 0 atom stereocenters. The number of nitrogens with zero attached hydrogens (tertiary/aromatic N) is 2. The van der Waals surface area contributed by atoms with E-state index in [9.17, 15) is 13.2 Å². The summed E-state index contributed by atoms with van der Waals surface area (Å²) in [5.74, 6) is 0.131. The van der Waals surface area contributed by atoms with Crippen molar-refractivity contribution in [1.29, 1.82) is 0 Å². The van der Waals surface area contributed by atoms with Gasteiger partial charge in [0.15, 0.2) is 0 Å². The molecule has 0 bridgehead atoms. The van der Waals surface area contributed by atoms with E-state index >= 15 is 0 Å². The third-order valence-corrected chi connectivity index (χ3v) is 2.81. The van der Waals surface area contributed by atoms with Gasteiger partial charge in [-0.3, -0.25) is 0 Å². The van der Waals surface area contributed by atoms with Crippen molar-refractivity contribution in [2.24, 2.45) is 0 Å². The Kier molecular flexibility index (Phi) is 4.37. The summed E-state index contributed by atoms with van der Waals surface area (Å²) in [7, 11) is 0. The molecule has 0 amide bonds. The van der Waals surface area contributed by atoms with Crippen molar-refractivity contribution in [3.63, 3.8) is 0 Å². The van der Waals surface area contributed by atoms with Gasteiger partial charge >= 0.3 is 6.36 Å². The number of aromatic nitrogens is 2. The van der Waals surface area contributed by atoms with E-state index in [0.717, 1.165) is 0 Å². The third-order valence-electron chi connectivity index (χ3n) is 2.62. The minimum absolute atomic E-state index is 0.00172. The molecule has 1 heterocycles. The first kappa shape index (κ1) is 15.6. The fourth-order valence-electron chi connectivity index (χ4n) is 1.72. The second-order valence-electron chi connectivity index (χ2n) is 4.63. The normalized spacial score (nSPS) is 11.8. The molecule has 2 rings (SSSR count). The van der Waals surface area contributed by atoms with Gasteiger partial charge in [-0.15, -0.1) is 13.2 Å². The predicted molar refractivity (Wildman–Crippen MR) is 73.3 cm³/mol. The van der Waals surface area contributed by atoms with Crippen LogP contribution in [0, 0.1) is 0 Å². The van der Waals surface area contributed by atoms with Crippen LogP contribution in [-0.4, -0.2) is 16.3 Å². The molecule has 21 heavy (non-hydrogen) atoms. The summed E-state index contributed by atoms with van der Waals surface area (Å²) in [6.07, 6.45) is -4.77. The minimum Gasteiger partial charge on any atom is -0.405 e. The van der Waals surface area contributed by atoms with E-state index in [1.807, 2.05) is 13.8 Å². The van der Waals surface area contributed by atoms with Crippen LogP contribution in [0.5, 0.6) is 5.75 Å². The van der Waals surface area contributed by atoms with E-state index in [1.165, 1.54) is 24.3 Å². The maximum absolute atomic E-state index is 12.4. The number of para-hydroxylation sites is 1. The summed E-state index contributed by atoms with van der Waals surface area (Å²) in [6, 6.07) is 7.18. The first-order chi connectivity index (χ1) is 9.76. The van der Waals surface area contributed by atoms with Crippen LogP contribution in [0.25, 0.3) is 11.3 Å². The molecular formula is C14H12ClF3N2O. The van der Waals surface area contributed by atoms with E-state index in [4.69, 9.17) is 11.6 Å². The first-order valence-corrected chi connectivity index (χ1v) is 6.53. The molecule has 1 aromatic heterocycles. The van der Waals surface area contributed by atoms with Gasteiger partial charge in [-0.2, -0.15) is 0 Å². The first-order valence-electron chi connectivity index (χ1n) is 6.16. The minimum atomic E-state index is -4.77. The largest absolute Gasteiger partial charge is 0.573 e. The van der Waals surface area contributed by atoms with Crippen LogP contribution in [0.1, 0.15) is 25.6 Å². The Morgan fingerprint density at radius 3 is 2.43 bits per heavy atom. The maximum atomic E-state index is 12.4. The number of rotatable bonds is 3. The van der Waals surface area contributed by atoms with E-state index in [-0.39, 0.29) is 22.4 Å². The van der Waals surface area contributed by atoms with E-state index in [0.29, 0.717) is 11.5 Å².